The molecular formula is C19H19ClN2O2. The van der Waals surface area contributed by atoms with Crippen LogP contribution in [0.15, 0.2) is 54.6 Å². The average molecular weight is 343 g/mol. The summed E-state index contributed by atoms with van der Waals surface area (Å²) in [7, 11) is 0. The molecular weight excluding hydrogens is 324 g/mol. The number of ether oxygens (including phenoxy) is 1. The van der Waals surface area contributed by atoms with Crippen molar-refractivity contribution in [3.63, 3.8) is 0 Å². The molecule has 0 radical (unpaired) electrons. The molecule has 2 aromatic carbocycles. The van der Waals surface area contributed by atoms with E-state index in [4.69, 9.17) is 16.3 Å². The summed E-state index contributed by atoms with van der Waals surface area (Å²) in [6, 6.07) is 15.3. The molecule has 1 aliphatic heterocycles. The van der Waals surface area contributed by atoms with Crippen molar-refractivity contribution in [1.29, 1.82) is 0 Å². The number of carbonyl (C=O) groups is 1. The third-order valence-corrected chi connectivity index (χ3v) is 4.03. The van der Waals surface area contributed by atoms with Crippen LogP contribution in [0.2, 0.25) is 5.02 Å². The lowest BCUT2D eigenvalue weighted by molar-refractivity contribution is -0.111. The lowest BCUT2D eigenvalue weighted by Gasteiger charge is -2.30. The molecule has 1 amide bonds. The Balaban J connectivity index is 1.74. The van der Waals surface area contributed by atoms with Crippen LogP contribution in [-0.2, 0) is 9.53 Å². The molecule has 3 rings (SSSR count). The molecule has 1 aliphatic rings. The van der Waals surface area contributed by atoms with Gasteiger partial charge in [0.05, 0.1) is 24.6 Å². The van der Waals surface area contributed by atoms with Crippen molar-refractivity contribution in [3.05, 3.63) is 65.2 Å². The largest absolute Gasteiger partial charge is 0.378 e. The molecule has 1 saturated heterocycles. The van der Waals surface area contributed by atoms with Gasteiger partial charge in [-0.25, -0.2) is 0 Å². The summed E-state index contributed by atoms with van der Waals surface area (Å²) in [4.78, 5) is 14.4. The van der Waals surface area contributed by atoms with E-state index in [-0.39, 0.29) is 5.91 Å². The van der Waals surface area contributed by atoms with Gasteiger partial charge < -0.3 is 15.0 Å². The molecule has 124 valence electrons. The first-order valence-electron chi connectivity index (χ1n) is 7.89. The zero-order chi connectivity index (χ0) is 16.8. The molecule has 1 fully saturated rings. The molecule has 0 bridgehead atoms. The highest BCUT2D eigenvalue weighted by Gasteiger charge is 2.16. The molecule has 0 saturated carbocycles. The quantitative estimate of drug-likeness (QED) is 0.859. The van der Waals surface area contributed by atoms with E-state index >= 15 is 0 Å². The number of anilines is 2. The van der Waals surface area contributed by atoms with Crippen molar-refractivity contribution in [2.24, 2.45) is 0 Å². The lowest BCUT2D eigenvalue weighted by Crippen LogP contribution is -2.36. The predicted molar refractivity (Wildman–Crippen MR) is 98.6 cm³/mol. The van der Waals surface area contributed by atoms with Crippen LogP contribution in [0.1, 0.15) is 5.56 Å². The molecule has 1 heterocycles. The topological polar surface area (TPSA) is 41.6 Å². The smallest absolute Gasteiger partial charge is 0.248 e. The Hall–Kier alpha value is -2.30. The molecule has 0 aromatic heterocycles. The molecule has 5 heteroatoms. The average Bonchev–Trinajstić information content (AvgIpc) is 2.62. The van der Waals surface area contributed by atoms with Gasteiger partial charge in [-0.1, -0.05) is 41.9 Å². The first-order chi connectivity index (χ1) is 11.7. The maximum absolute atomic E-state index is 12.2. The highest BCUT2D eigenvalue weighted by Crippen LogP contribution is 2.29. The fourth-order valence-electron chi connectivity index (χ4n) is 2.60. The third kappa shape index (κ3) is 4.37. The van der Waals surface area contributed by atoms with Crippen molar-refractivity contribution in [2.45, 2.75) is 0 Å². The summed E-state index contributed by atoms with van der Waals surface area (Å²) in [5.74, 6) is -0.185. The Morgan fingerprint density at radius 3 is 2.62 bits per heavy atom. The van der Waals surface area contributed by atoms with Crippen molar-refractivity contribution < 1.29 is 9.53 Å². The number of nitrogens with one attached hydrogen (secondary N) is 1. The summed E-state index contributed by atoms with van der Waals surface area (Å²) in [5.41, 5.74) is 2.66. The number of nitrogens with zero attached hydrogens (tertiary/aromatic N) is 1. The van der Waals surface area contributed by atoms with Crippen LogP contribution in [0.4, 0.5) is 11.4 Å². The monoisotopic (exact) mass is 342 g/mol. The van der Waals surface area contributed by atoms with Gasteiger partial charge >= 0.3 is 0 Å². The van der Waals surface area contributed by atoms with E-state index in [0.29, 0.717) is 23.9 Å². The van der Waals surface area contributed by atoms with E-state index in [1.165, 1.54) is 6.08 Å². The second kappa shape index (κ2) is 7.99. The summed E-state index contributed by atoms with van der Waals surface area (Å²) in [6.45, 7) is 2.96. The van der Waals surface area contributed by atoms with Gasteiger partial charge in [-0.2, -0.15) is 0 Å². The molecule has 1 N–H and O–H groups in total. The van der Waals surface area contributed by atoms with Gasteiger partial charge in [-0.05, 0) is 29.8 Å². The van der Waals surface area contributed by atoms with Crippen LogP contribution < -0.4 is 10.2 Å². The highest BCUT2D eigenvalue weighted by molar-refractivity contribution is 6.31. The van der Waals surface area contributed by atoms with Crippen molar-refractivity contribution >= 4 is 35.0 Å². The minimum atomic E-state index is -0.185. The van der Waals surface area contributed by atoms with Crippen molar-refractivity contribution in [1.82, 2.24) is 0 Å². The first kappa shape index (κ1) is 16.6. The first-order valence-corrected chi connectivity index (χ1v) is 8.26. The third-order valence-electron chi connectivity index (χ3n) is 3.79. The zero-order valence-corrected chi connectivity index (χ0v) is 14.0. The van der Waals surface area contributed by atoms with Crippen LogP contribution in [0.5, 0.6) is 0 Å². The van der Waals surface area contributed by atoms with E-state index in [9.17, 15) is 4.79 Å². The van der Waals surface area contributed by atoms with E-state index in [0.717, 1.165) is 24.3 Å². The number of benzene rings is 2. The second-order valence-corrected chi connectivity index (χ2v) is 5.93. The Bertz CT molecular complexity index is 725. The van der Waals surface area contributed by atoms with Crippen molar-refractivity contribution in [2.75, 3.05) is 36.5 Å². The van der Waals surface area contributed by atoms with Crippen LogP contribution >= 0.6 is 11.6 Å². The number of amides is 1. The van der Waals surface area contributed by atoms with Crippen LogP contribution in [0, 0.1) is 0 Å². The minimum absolute atomic E-state index is 0.185. The summed E-state index contributed by atoms with van der Waals surface area (Å²) >= 11 is 6.10. The molecule has 4 nitrogen and oxygen atoms in total. The highest BCUT2D eigenvalue weighted by atomic mass is 35.5. The van der Waals surface area contributed by atoms with Crippen molar-refractivity contribution in [3.8, 4) is 0 Å². The van der Waals surface area contributed by atoms with Gasteiger partial charge in [0.1, 0.15) is 0 Å². The summed E-state index contributed by atoms with van der Waals surface area (Å²) < 4.78 is 5.39. The maximum atomic E-state index is 12.2. The van der Waals surface area contributed by atoms with E-state index in [2.05, 4.69) is 10.2 Å². The van der Waals surface area contributed by atoms with Gasteiger partial charge in [0.15, 0.2) is 0 Å². The maximum Gasteiger partial charge on any atom is 0.248 e. The number of halogens is 1. The molecule has 0 aliphatic carbocycles. The Morgan fingerprint density at radius 1 is 1.12 bits per heavy atom. The molecule has 24 heavy (non-hydrogen) atoms. The fourth-order valence-corrected chi connectivity index (χ4v) is 2.77. The summed E-state index contributed by atoms with van der Waals surface area (Å²) in [6.07, 6.45) is 3.31. The van der Waals surface area contributed by atoms with Gasteiger partial charge in [0.2, 0.25) is 5.91 Å². The second-order valence-electron chi connectivity index (χ2n) is 5.49. The van der Waals surface area contributed by atoms with Gasteiger partial charge in [0.25, 0.3) is 0 Å². The number of hydrogen-bond acceptors (Lipinski definition) is 3. The number of hydrogen-bond donors (Lipinski definition) is 1. The summed E-state index contributed by atoms with van der Waals surface area (Å²) in [5, 5.41) is 3.52. The SMILES string of the molecule is O=C(C=Cc1ccccc1)Nc1cc(Cl)ccc1N1CCOCC1. The van der Waals surface area contributed by atoms with E-state index in [1.54, 1.807) is 12.1 Å². The standard InChI is InChI=1S/C19H19ClN2O2/c20-16-7-8-18(22-10-12-24-13-11-22)17(14-16)21-19(23)9-6-15-4-2-1-3-5-15/h1-9,14H,10-13H2,(H,21,23). The van der Waals surface area contributed by atoms with E-state index < -0.39 is 0 Å². The normalized spacial score (nSPS) is 14.8. The molecule has 0 atom stereocenters. The van der Waals surface area contributed by atoms with E-state index in [1.807, 2.05) is 42.5 Å². The Kier molecular flexibility index (Phi) is 5.51. The van der Waals surface area contributed by atoms with Crippen LogP contribution in [-0.4, -0.2) is 32.2 Å². The Labute approximate surface area is 146 Å². The molecule has 2 aromatic rings. The van der Waals surface area contributed by atoms with Crippen LogP contribution in [0.25, 0.3) is 6.08 Å². The zero-order valence-electron chi connectivity index (χ0n) is 13.2. The predicted octanol–water partition coefficient (Wildman–Crippen LogP) is 3.83. The lowest BCUT2D eigenvalue weighted by atomic mass is 10.2. The van der Waals surface area contributed by atoms with Crippen LogP contribution in [0.3, 0.4) is 0 Å². The fraction of sp³-hybridized carbons (Fsp3) is 0.211. The Morgan fingerprint density at radius 2 is 1.88 bits per heavy atom. The molecule has 0 unspecified atom stereocenters. The minimum Gasteiger partial charge on any atom is -0.378 e. The molecule has 0 spiro atoms. The number of carbonyl (C=O) groups excluding carboxylic acids is 1. The number of morpholine rings is 1. The van der Waals surface area contributed by atoms with Gasteiger partial charge in [-0.15, -0.1) is 0 Å². The van der Waals surface area contributed by atoms with Gasteiger partial charge in [0, 0.05) is 24.2 Å². The number of rotatable bonds is 4. The van der Waals surface area contributed by atoms with Gasteiger partial charge in [-0.3, -0.25) is 4.79 Å².